The summed E-state index contributed by atoms with van der Waals surface area (Å²) >= 11 is 0. The second kappa shape index (κ2) is 4.83. The molecule has 2 aromatic heterocycles. The molecule has 0 aliphatic rings. The van der Waals surface area contributed by atoms with Crippen molar-refractivity contribution in [2.45, 2.75) is 32.9 Å². The Morgan fingerprint density at radius 1 is 1.22 bits per heavy atom. The Bertz CT molecular complexity index is 531. The van der Waals surface area contributed by atoms with Crippen molar-refractivity contribution in [2.75, 3.05) is 0 Å². The summed E-state index contributed by atoms with van der Waals surface area (Å²) in [6, 6.07) is 3.07. The zero-order valence-corrected chi connectivity index (χ0v) is 10.6. The number of aryl methyl sites for hydroxylation is 2. The Morgan fingerprint density at radius 3 is 2.39 bits per heavy atom. The molecule has 2 atom stereocenters. The van der Waals surface area contributed by atoms with Gasteiger partial charge in [0.25, 0.3) is 0 Å². The van der Waals surface area contributed by atoms with Gasteiger partial charge in [-0.1, -0.05) is 5.16 Å². The van der Waals surface area contributed by atoms with Crippen LogP contribution in [0.4, 0.5) is 0 Å². The first-order valence-corrected chi connectivity index (χ1v) is 5.70. The molecule has 0 saturated carbocycles. The normalized spacial score (nSPS) is 14.5. The minimum atomic E-state index is -0.737. The third-order valence-corrected chi connectivity index (χ3v) is 2.59. The Kier molecular flexibility index (Phi) is 3.40. The molecule has 0 bridgehead atoms. The Morgan fingerprint density at radius 2 is 1.83 bits per heavy atom. The zero-order valence-electron chi connectivity index (χ0n) is 10.6. The van der Waals surface area contributed by atoms with E-state index in [0.29, 0.717) is 5.82 Å². The fraction of sp³-hybridized carbons (Fsp3) is 0.417. The second-order valence-corrected chi connectivity index (χ2v) is 4.36. The molecule has 18 heavy (non-hydrogen) atoms. The van der Waals surface area contributed by atoms with Crippen LogP contribution in [0.1, 0.15) is 30.2 Å². The van der Waals surface area contributed by atoms with E-state index in [9.17, 15) is 5.11 Å². The van der Waals surface area contributed by atoms with Crippen LogP contribution in [-0.2, 0) is 0 Å². The zero-order chi connectivity index (χ0) is 13.3. The van der Waals surface area contributed by atoms with Crippen molar-refractivity contribution in [3.05, 3.63) is 29.4 Å². The molecule has 2 heterocycles. The van der Waals surface area contributed by atoms with E-state index < -0.39 is 12.1 Å². The quantitative estimate of drug-likeness (QED) is 0.844. The largest absolute Gasteiger partial charge is 0.391 e. The van der Waals surface area contributed by atoms with Gasteiger partial charge in [0.05, 0.1) is 6.10 Å². The number of aliphatic hydroxyl groups is 1. The highest BCUT2D eigenvalue weighted by Gasteiger charge is 2.20. The van der Waals surface area contributed by atoms with Crippen LogP contribution in [0.3, 0.4) is 0 Å². The molecule has 2 unspecified atom stereocenters. The third kappa shape index (κ3) is 2.55. The van der Waals surface area contributed by atoms with Crippen LogP contribution in [0.15, 0.2) is 16.7 Å². The topological polar surface area (TPSA) is 98.1 Å². The van der Waals surface area contributed by atoms with Crippen molar-refractivity contribution in [1.82, 2.24) is 15.1 Å². The fourth-order valence-corrected chi connectivity index (χ4v) is 1.66. The highest BCUT2D eigenvalue weighted by molar-refractivity contribution is 5.55. The van der Waals surface area contributed by atoms with E-state index in [1.165, 1.54) is 0 Å². The van der Waals surface area contributed by atoms with Crippen molar-refractivity contribution in [2.24, 2.45) is 5.73 Å². The van der Waals surface area contributed by atoms with Gasteiger partial charge in [-0.05, 0) is 32.9 Å². The lowest BCUT2D eigenvalue weighted by atomic mass is 10.2. The van der Waals surface area contributed by atoms with Gasteiger partial charge in [-0.15, -0.1) is 0 Å². The first kappa shape index (κ1) is 12.7. The molecule has 6 heteroatoms. The molecule has 3 N–H and O–H groups in total. The molecule has 0 amide bonds. The lowest BCUT2D eigenvalue weighted by Crippen LogP contribution is -2.23. The van der Waals surface area contributed by atoms with E-state index in [1.54, 1.807) is 6.92 Å². The van der Waals surface area contributed by atoms with Gasteiger partial charge in [0, 0.05) is 17.0 Å². The van der Waals surface area contributed by atoms with Crippen molar-refractivity contribution in [3.63, 3.8) is 0 Å². The molecule has 0 aliphatic carbocycles. The van der Waals surface area contributed by atoms with Gasteiger partial charge in [0.2, 0.25) is 11.7 Å². The van der Waals surface area contributed by atoms with Crippen molar-refractivity contribution in [3.8, 4) is 11.4 Å². The van der Waals surface area contributed by atoms with E-state index in [4.69, 9.17) is 10.3 Å². The van der Waals surface area contributed by atoms with Crippen molar-refractivity contribution in [1.29, 1.82) is 0 Å². The molecule has 0 fully saturated rings. The van der Waals surface area contributed by atoms with E-state index in [1.807, 2.05) is 26.0 Å². The van der Waals surface area contributed by atoms with Crippen LogP contribution in [0.5, 0.6) is 0 Å². The summed E-state index contributed by atoms with van der Waals surface area (Å²) in [4.78, 5) is 8.47. The summed E-state index contributed by atoms with van der Waals surface area (Å²) in [6.07, 6.45) is -0.737. The number of nitrogens with zero attached hydrogens (tertiary/aromatic N) is 3. The highest BCUT2D eigenvalue weighted by atomic mass is 16.5. The number of aromatic nitrogens is 3. The summed E-state index contributed by atoms with van der Waals surface area (Å²) in [6.45, 7) is 5.38. The molecule has 0 radical (unpaired) electrons. The lowest BCUT2D eigenvalue weighted by molar-refractivity contribution is 0.146. The second-order valence-electron chi connectivity index (χ2n) is 4.36. The Balaban J connectivity index is 2.35. The standard InChI is InChI=1S/C12H16N4O2/c1-6-4-9(5-7(2)14-6)11-15-12(18-16-11)10(13)8(3)17/h4-5,8,10,17H,13H2,1-3H3. The summed E-state index contributed by atoms with van der Waals surface area (Å²) in [7, 11) is 0. The summed E-state index contributed by atoms with van der Waals surface area (Å²) in [5.41, 5.74) is 8.33. The molecule has 0 aromatic carbocycles. The highest BCUT2D eigenvalue weighted by Crippen LogP contribution is 2.20. The van der Waals surface area contributed by atoms with Gasteiger partial charge in [0.15, 0.2) is 0 Å². The molecule has 0 saturated heterocycles. The van der Waals surface area contributed by atoms with E-state index in [2.05, 4.69) is 15.1 Å². The predicted octanol–water partition coefficient (Wildman–Crippen LogP) is 1.13. The van der Waals surface area contributed by atoms with Crippen LogP contribution in [0, 0.1) is 13.8 Å². The summed E-state index contributed by atoms with van der Waals surface area (Å²) in [5.74, 6) is 0.682. The van der Waals surface area contributed by atoms with Crippen LogP contribution in [-0.4, -0.2) is 26.3 Å². The van der Waals surface area contributed by atoms with Crippen molar-refractivity contribution >= 4 is 0 Å². The molecule has 6 nitrogen and oxygen atoms in total. The van der Waals surface area contributed by atoms with Gasteiger partial charge in [-0.3, -0.25) is 4.98 Å². The van der Waals surface area contributed by atoms with Gasteiger partial charge >= 0.3 is 0 Å². The smallest absolute Gasteiger partial charge is 0.246 e. The lowest BCUT2D eigenvalue weighted by Gasteiger charge is -2.08. The summed E-state index contributed by atoms with van der Waals surface area (Å²) < 4.78 is 5.06. The number of pyridine rings is 1. The minimum Gasteiger partial charge on any atom is -0.391 e. The maximum atomic E-state index is 9.38. The Labute approximate surface area is 105 Å². The van der Waals surface area contributed by atoms with E-state index in [-0.39, 0.29) is 5.89 Å². The number of rotatable bonds is 3. The van der Waals surface area contributed by atoms with Crippen LogP contribution >= 0.6 is 0 Å². The minimum absolute atomic E-state index is 0.229. The Hall–Kier alpha value is -1.79. The van der Waals surface area contributed by atoms with Crippen molar-refractivity contribution < 1.29 is 9.63 Å². The van der Waals surface area contributed by atoms with Gasteiger partial charge < -0.3 is 15.4 Å². The molecule has 2 rings (SSSR count). The number of hydrogen-bond donors (Lipinski definition) is 2. The number of aliphatic hydroxyl groups excluding tert-OH is 1. The molecular weight excluding hydrogens is 232 g/mol. The molecule has 0 spiro atoms. The van der Waals surface area contributed by atoms with Gasteiger partial charge in [0.1, 0.15) is 6.04 Å². The van der Waals surface area contributed by atoms with E-state index >= 15 is 0 Å². The molecule has 0 aliphatic heterocycles. The van der Waals surface area contributed by atoms with Crippen LogP contribution in [0.2, 0.25) is 0 Å². The van der Waals surface area contributed by atoms with Gasteiger partial charge in [-0.2, -0.15) is 4.98 Å². The first-order valence-electron chi connectivity index (χ1n) is 5.70. The summed E-state index contributed by atoms with van der Waals surface area (Å²) in [5, 5.41) is 13.2. The number of hydrogen-bond acceptors (Lipinski definition) is 6. The fourth-order valence-electron chi connectivity index (χ4n) is 1.66. The molecule has 2 aromatic rings. The average molecular weight is 248 g/mol. The predicted molar refractivity (Wildman–Crippen MR) is 65.6 cm³/mol. The first-order chi connectivity index (χ1) is 8.47. The average Bonchev–Trinajstić information content (AvgIpc) is 2.75. The van der Waals surface area contributed by atoms with Gasteiger partial charge in [-0.25, -0.2) is 0 Å². The maximum Gasteiger partial charge on any atom is 0.246 e. The third-order valence-electron chi connectivity index (χ3n) is 2.59. The number of nitrogens with two attached hydrogens (primary N) is 1. The van der Waals surface area contributed by atoms with E-state index in [0.717, 1.165) is 17.0 Å². The van der Waals surface area contributed by atoms with Crippen LogP contribution < -0.4 is 5.73 Å². The monoisotopic (exact) mass is 248 g/mol. The molecular formula is C12H16N4O2. The van der Waals surface area contributed by atoms with Crippen LogP contribution in [0.25, 0.3) is 11.4 Å². The molecule has 96 valence electrons. The maximum absolute atomic E-state index is 9.38. The SMILES string of the molecule is Cc1cc(-c2noc(C(N)C(C)O)n2)cc(C)n1.